The molecule has 0 unspecified atom stereocenters. The Balaban J connectivity index is 0.00000341. The van der Waals surface area contributed by atoms with Crippen LogP contribution in [0, 0.1) is 0 Å². The molecule has 0 amide bonds. The quantitative estimate of drug-likeness (QED) is 0.253. The third-order valence-electron chi connectivity index (χ3n) is 4.58. The molecule has 7 heteroatoms. The molecule has 0 atom stereocenters. The molecule has 6 nitrogen and oxygen atoms in total. The number of nitrogens with zero attached hydrogens (tertiary/aromatic N) is 2. The van der Waals surface area contributed by atoms with Gasteiger partial charge in [-0.2, -0.15) is 0 Å². The van der Waals surface area contributed by atoms with E-state index in [4.69, 9.17) is 9.15 Å². The van der Waals surface area contributed by atoms with Crippen molar-refractivity contribution in [2.24, 2.45) is 4.99 Å². The van der Waals surface area contributed by atoms with Gasteiger partial charge in [-0.05, 0) is 11.6 Å². The summed E-state index contributed by atoms with van der Waals surface area (Å²) in [4.78, 5) is 8.62. The second-order valence-corrected chi connectivity index (χ2v) is 8.03. The second kappa shape index (κ2) is 11.7. The van der Waals surface area contributed by atoms with Crippen molar-refractivity contribution >= 4 is 29.9 Å². The Hall–Kier alpha value is -2.55. The molecule has 0 radical (unpaired) electrons. The van der Waals surface area contributed by atoms with Crippen LogP contribution in [0.2, 0.25) is 0 Å². The number of oxazole rings is 1. The zero-order chi connectivity index (χ0) is 21.4. The zero-order valence-electron chi connectivity index (χ0n) is 18.5. The molecule has 0 aliphatic rings. The van der Waals surface area contributed by atoms with Gasteiger partial charge in [0.2, 0.25) is 5.89 Å². The van der Waals surface area contributed by atoms with Gasteiger partial charge in [-0.15, -0.1) is 24.0 Å². The molecule has 0 saturated heterocycles. The first-order valence-corrected chi connectivity index (χ1v) is 10.1. The van der Waals surface area contributed by atoms with E-state index < -0.39 is 0 Å². The van der Waals surface area contributed by atoms with E-state index in [1.54, 1.807) is 13.2 Å². The number of nitrogens with one attached hydrogen (secondary N) is 2. The number of aliphatic imine (C=N–C) groups is 1. The Morgan fingerprint density at radius 2 is 1.68 bits per heavy atom. The predicted octanol–water partition coefficient (Wildman–Crippen LogP) is 5.03. The molecule has 0 saturated carbocycles. The molecular weight excluding hydrogens is 503 g/mol. The molecule has 0 spiro atoms. The van der Waals surface area contributed by atoms with Crippen LogP contribution in [0.1, 0.15) is 43.5 Å². The molecule has 166 valence electrons. The minimum atomic E-state index is -0.0609. The van der Waals surface area contributed by atoms with Crippen molar-refractivity contribution in [2.45, 2.75) is 45.9 Å². The number of hydrogen-bond donors (Lipinski definition) is 2. The average Bonchev–Trinajstić information content (AvgIpc) is 3.23. The number of guanidine groups is 1. The molecule has 0 fully saturated rings. The highest BCUT2D eigenvalue weighted by atomic mass is 127. The van der Waals surface area contributed by atoms with E-state index in [0.717, 1.165) is 22.6 Å². The third-order valence-corrected chi connectivity index (χ3v) is 4.58. The Bertz CT molecular complexity index is 965. The van der Waals surface area contributed by atoms with Crippen LogP contribution in [-0.2, 0) is 25.1 Å². The van der Waals surface area contributed by atoms with Crippen LogP contribution < -0.4 is 15.4 Å². The zero-order valence-corrected chi connectivity index (χ0v) is 20.8. The van der Waals surface area contributed by atoms with Crippen LogP contribution in [0.5, 0.6) is 5.75 Å². The van der Waals surface area contributed by atoms with Gasteiger partial charge in [0.15, 0.2) is 5.96 Å². The van der Waals surface area contributed by atoms with Crippen LogP contribution in [0.25, 0.3) is 0 Å². The molecule has 3 aromatic rings. The molecule has 31 heavy (non-hydrogen) atoms. The van der Waals surface area contributed by atoms with E-state index in [9.17, 15) is 0 Å². The van der Waals surface area contributed by atoms with Crippen molar-refractivity contribution in [3.05, 3.63) is 83.6 Å². The minimum absolute atomic E-state index is 0. The topological polar surface area (TPSA) is 71.7 Å². The highest BCUT2D eigenvalue weighted by Crippen LogP contribution is 2.22. The summed E-state index contributed by atoms with van der Waals surface area (Å²) < 4.78 is 11.9. The van der Waals surface area contributed by atoms with E-state index in [1.165, 1.54) is 0 Å². The van der Waals surface area contributed by atoms with Crippen LogP contribution in [0.3, 0.4) is 0 Å². The molecule has 2 aromatic carbocycles. The monoisotopic (exact) mass is 534 g/mol. The van der Waals surface area contributed by atoms with E-state index in [1.807, 2.05) is 42.5 Å². The molecule has 2 N–H and O–H groups in total. The lowest BCUT2D eigenvalue weighted by atomic mass is 9.94. The van der Waals surface area contributed by atoms with E-state index in [0.29, 0.717) is 31.5 Å². The van der Waals surface area contributed by atoms with Crippen molar-refractivity contribution < 1.29 is 9.15 Å². The predicted molar refractivity (Wildman–Crippen MR) is 135 cm³/mol. The van der Waals surface area contributed by atoms with Gasteiger partial charge in [0.05, 0.1) is 12.7 Å². The standard InChI is InChI=1S/C24H30N4O2.HI/c1-24(2,3)21-15-26-22(30-21)16-28-23(25-4)27-14-19-12-8-9-13-20(19)29-17-18-10-6-5-7-11-18;/h5-13,15H,14,16-17H2,1-4H3,(H2,25,27,28);1H. The Morgan fingerprint density at radius 1 is 1.00 bits per heavy atom. The lowest BCUT2D eigenvalue weighted by molar-refractivity contribution is 0.302. The lowest BCUT2D eigenvalue weighted by Gasteiger charge is -2.15. The van der Waals surface area contributed by atoms with Crippen molar-refractivity contribution in [1.29, 1.82) is 0 Å². The van der Waals surface area contributed by atoms with Gasteiger partial charge in [-0.25, -0.2) is 4.98 Å². The molecule has 1 aromatic heterocycles. The van der Waals surface area contributed by atoms with Crippen molar-refractivity contribution in [3.8, 4) is 5.75 Å². The van der Waals surface area contributed by atoms with Gasteiger partial charge < -0.3 is 19.8 Å². The first-order valence-electron chi connectivity index (χ1n) is 10.1. The first kappa shape index (κ1) is 24.7. The second-order valence-electron chi connectivity index (χ2n) is 8.03. The lowest BCUT2D eigenvalue weighted by Crippen LogP contribution is -2.36. The number of para-hydroxylation sites is 1. The van der Waals surface area contributed by atoms with Crippen molar-refractivity contribution in [3.63, 3.8) is 0 Å². The van der Waals surface area contributed by atoms with Gasteiger partial charge in [0, 0.05) is 24.6 Å². The molecule has 3 rings (SSSR count). The van der Waals surface area contributed by atoms with Gasteiger partial charge in [-0.3, -0.25) is 4.99 Å². The van der Waals surface area contributed by atoms with Crippen molar-refractivity contribution in [2.75, 3.05) is 7.05 Å². The SMILES string of the molecule is CN=C(NCc1ncc(C(C)(C)C)o1)NCc1ccccc1OCc1ccccc1.I. The summed E-state index contributed by atoms with van der Waals surface area (Å²) in [5.74, 6) is 3.02. The largest absolute Gasteiger partial charge is 0.489 e. The fourth-order valence-electron chi connectivity index (χ4n) is 2.82. The normalized spacial score (nSPS) is 11.5. The van der Waals surface area contributed by atoms with E-state index >= 15 is 0 Å². The maximum atomic E-state index is 6.03. The Labute approximate surface area is 201 Å². The maximum absolute atomic E-state index is 6.03. The summed E-state index contributed by atoms with van der Waals surface area (Å²) in [6.45, 7) is 7.88. The number of halogens is 1. The summed E-state index contributed by atoms with van der Waals surface area (Å²) >= 11 is 0. The van der Waals surface area contributed by atoms with Crippen LogP contribution in [0.15, 0.2) is 70.2 Å². The first-order chi connectivity index (χ1) is 14.5. The van der Waals surface area contributed by atoms with Gasteiger partial charge in [-0.1, -0.05) is 69.3 Å². The molecular formula is C24H31IN4O2. The fraction of sp³-hybridized carbons (Fsp3) is 0.333. The Kier molecular flexibility index (Phi) is 9.36. The van der Waals surface area contributed by atoms with Gasteiger partial charge in [0.25, 0.3) is 0 Å². The Morgan fingerprint density at radius 3 is 2.35 bits per heavy atom. The van der Waals surface area contributed by atoms with E-state index in [2.05, 4.69) is 53.5 Å². The summed E-state index contributed by atoms with van der Waals surface area (Å²) in [6, 6.07) is 18.2. The molecule has 0 bridgehead atoms. The van der Waals surface area contributed by atoms with Crippen LogP contribution >= 0.6 is 24.0 Å². The minimum Gasteiger partial charge on any atom is -0.489 e. The number of hydrogen-bond acceptors (Lipinski definition) is 4. The molecule has 0 aliphatic carbocycles. The highest BCUT2D eigenvalue weighted by molar-refractivity contribution is 14.0. The summed E-state index contributed by atoms with van der Waals surface area (Å²) in [5, 5.41) is 6.56. The maximum Gasteiger partial charge on any atom is 0.213 e. The fourth-order valence-corrected chi connectivity index (χ4v) is 2.82. The third kappa shape index (κ3) is 7.57. The van der Waals surface area contributed by atoms with Crippen LogP contribution in [-0.4, -0.2) is 18.0 Å². The van der Waals surface area contributed by atoms with Gasteiger partial charge in [0.1, 0.15) is 18.1 Å². The highest BCUT2D eigenvalue weighted by Gasteiger charge is 2.19. The number of rotatable bonds is 7. The summed E-state index contributed by atoms with van der Waals surface area (Å²) in [6.07, 6.45) is 1.79. The number of aromatic nitrogens is 1. The summed E-state index contributed by atoms with van der Waals surface area (Å²) in [5.41, 5.74) is 2.13. The van der Waals surface area contributed by atoms with Gasteiger partial charge >= 0.3 is 0 Å². The number of ether oxygens (including phenoxy) is 1. The summed E-state index contributed by atoms with van der Waals surface area (Å²) in [7, 11) is 1.74. The average molecular weight is 534 g/mol. The molecule has 1 heterocycles. The van der Waals surface area contributed by atoms with E-state index in [-0.39, 0.29) is 29.4 Å². The number of benzene rings is 2. The smallest absolute Gasteiger partial charge is 0.213 e. The van der Waals surface area contributed by atoms with Crippen LogP contribution in [0.4, 0.5) is 0 Å². The molecule has 0 aliphatic heterocycles. The van der Waals surface area contributed by atoms with Crippen molar-refractivity contribution in [1.82, 2.24) is 15.6 Å².